The molecule has 0 aromatic heterocycles. The van der Waals surface area contributed by atoms with E-state index in [1.807, 2.05) is 30.3 Å². The highest BCUT2D eigenvalue weighted by Crippen LogP contribution is 2.24. The molecule has 0 fully saturated rings. The molecule has 8 nitrogen and oxygen atoms in total. The normalized spacial score (nSPS) is 11.4. The highest BCUT2D eigenvalue weighted by molar-refractivity contribution is 5.95. The zero-order chi connectivity index (χ0) is 28.1. The Morgan fingerprint density at radius 3 is 2.39 bits per heavy atom. The summed E-state index contributed by atoms with van der Waals surface area (Å²) < 4.78 is 25.2. The third kappa shape index (κ3) is 9.98. The van der Waals surface area contributed by atoms with E-state index in [1.54, 1.807) is 37.3 Å². The fourth-order valence-corrected chi connectivity index (χ4v) is 3.32. The number of hydrogen-bond acceptors (Lipinski definition) is 6. The number of aliphatic hydroxyl groups excluding tert-OH is 1. The van der Waals surface area contributed by atoms with Crippen molar-refractivity contribution >= 4 is 29.4 Å². The first kappa shape index (κ1) is 29.9. The van der Waals surface area contributed by atoms with Crippen LogP contribution < -0.4 is 16.0 Å². The number of aromatic hydroxyl groups is 1. The minimum atomic E-state index is -3.31. The number of amides is 2. The quantitative estimate of drug-likeness (QED) is 0.174. The van der Waals surface area contributed by atoms with Crippen molar-refractivity contribution in [2.75, 3.05) is 18.5 Å². The molecule has 0 saturated carbocycles. The van der Waals surface area contributed by atoms with Gasteiger partial charge < -0.3 is 31.6 Å². The van der Waals surface area contributed by atoms with Gasteiger partial charge in [0.1, 0.15) is 5.75 Å². The molecule has 38 heavy (non-hydrogen) atoms. The largest absolute Gasteiger partial charge is 0.508 e. The molecule has 1 atom stereocenters. The number of anilines is 2. The second kappa shape index (κ2) is 14.4. The molecular formula is C28H32F2N4O4. The van der Waals surface area contributed by atoms with Crippen LogP contribution in [0.15, 0.2) is 72.8 Å². The fraction of sp³-hybridized carbons (Fsp3) is 0.250. The monoisotopic (exact) mass is 526 g/mol. The summed E-state index contributed by atoms with van der Waals surface area (Å²) in [6.07, 6.45) is 1.68. The van der Waals surface area contributed by atoms with E-state index in [-0.39, 0.29) is 30.9 Å². The summed E-state index contributed by atoms with van der Waals surface area (Å²) in [5, 5.41) is 33.5. The third-order valence-electron chi connectivity index (χ3n) is 5.15. The third-order valence-corrected chi connectivity index (χ3v) is 5.15. The number of halogens is 2. The molecule has 0 aliphatic heterocycles. The van der Waals surface area contributed by atoms with E-state index in [4.69, 9.17) is 10.5 Å². The molecule has 0 spiro atoms. The predicted molar refractivity (Wildman–Crippen MR) is 144 cm³/mol. The molecule has 3 aromatic rings. The number of hydrogen-bond donors (Lipinski definition) is 6. The topological polar surface area (TPSA) is 135 Å². The van der Waals surface area contributed by atoms with Gasteiger partial charge in [0.15, 0.2) is 0 Å². The highest BCUT2D eigenvalue weighted by Gasteiger charge is 2.32. The van der Waals surface area contributed by atoms with Crippen molar-refractivity contribution in [2.24, 2.45) is 0 Å². The molecule has 3 rings (SSSR count). The molecule has 1 unspecified atom stereocenters. The van der Waals surface area contributed by atoms with E-state index in [0.717, 1.165) is 11.8 Å². The van der Waals surface area contributed by atoms with Crippen LogP contribution in [0.1, 0.15) is 35.3 Å². The fourth-order valence-electron chi connectivity index (χ4n) is 3.32. The molecule has 0 saturated heterocycles. The summed E-state index contributed by atoms with van der Waals surface area (Å²) in [6.45, 7) is 2.39. The lowest BCUT2D eigenvalue weighted by molar-refractivity contribution is -0.143. The molecule has 2 amide bonds. The Balaban J connectivity index is 0.000000281. The van der Waals surface area contributed by atoms with Gasteiger partial charge in [0.05, 0.1) is 6.61 Å². The Kier molecular flexibility index (Phi) is 11.4. The number of benzene rings is 3. The van der Waals surface area contributed by atoms with E-state index < -0.39 is 11.8 Å². The van der Waals surface area contributed by atoms with Gasteiger partial charge in [-0.25, -0.2) is 0 Å². The number of phenols is 1. The van der Waals surface area contributed by atoms with Crippen LogP contribution in [0.25, 0.3) is 0 Å². The van der Waals surface area contributed by atoms with Gasteiger partial charge in [-0.15, -0.1) is 0 Å². The first-order chi connectivity index (χ1) is 18.0. The summed E-state index contributed by atoms with van der Waals surface area (Å²) in [6, 6.07) is 20.7. The van der Waals surface area contributed by atoms with Crippen molar-refractivity contribution in [2.45, 2.75) is 32.2 Å². The van der Waals surface area contributed by atoms with Crippen LogP contribution in [-0.2, 0) is 11.2 Å². The maximum absolute atomic E-state index is 12.6. The molecule has 0 aliphatic rings. The number of alkyl halides is 2. The van der Waals surface area contributed by atoms with Crippen molar-refractivity contribution < 1.29 is 28.6 Å². The van der Waals surface area contributed by atoms with Crippen LogP contribution in [0, 0.1) is 5.41 Å². The van der Waals surface area contributed by atoms with E-state index in [2.05, 4.69) is 16.0 Å². The second-order valence-corrected chi connectivity index (χ2v) is 8.55. The van der Waals surface area contributed by atoms with Gasteiger partial charge >= 0.3 is 5.92 Å². The number of carbonyl (C=O) groups excluding carboxylic acids is 2. The minimum Gasteiger partial charge on any atom is -0.508 e. The average Bonchev–Trinajstić information content (AvgIpc) is 2.88. The van der Waals surface area contributed by atoms with Gasteiger partial charge in [0, 0.05) is 48.2 Å². The minimum absolute atomic E-state index is 0.0844. The van der Waals surface area contributed by atoms with E-state index in [1.165, 1.54) is 12.1 Å². The summed E-state index contributed by atoms with van der Waals surface area (Å²) >= 11 is 0. The molecule has 0 heterocycles. The molecule has 0 aliphatic carbocycles. The molecule has 6 N–H and O–H groups in total. The van der Waals surface area contributed by atoms with Crippen molar-refractivity contribution in [1.29, 1.82) is 5.41 Å². The zero-order valence-corrected chi connectivity index (χ0v) is 21.2. The average molecular weight is 527 g/mol. The summed E-state index contributed by atoms with van der Waals surface area (Å²) in [5.74, 6) is -4.72. The number of nitrogens with one attached hydrogen (secondary N) is 4. The van der Waals surface area contributed by atoms with Gasteiger partial charge in [0.25, 0.3) is 11.8 Å². The smallest absolute Gasteiger partial charge is 0.321 e. The Labute approximate surface area is 220 Å². The lowest BCUT2D eigenvalue weighted by Gasteiger charge is -2.17. The Morgan fingerprint density at radius 1 is 1.05 bits per heavy atom. The highest BCUT2D eigenvalue weighted by atomic mass is 19.3. The summed E-state index contributed by atoms with van der Waals surface area (Å²) in [7, 11) is 0. The van der Waals surface area contributed by atoms with E-state index >= 15 is 0 Å². The first-order valence-electron chi connectivity index (χ1n) is 11.9. The van der Waals surface area contributed by atoms with Gasteiger partial charge in [-0.1, -0.05) is 36.4 Å². The SMILES string of the molecule is CC(Cc1ccccc1)NC(=O)C(C)(F)F.N=Cc1cc(O)ccc1Nc1cccc(C(=O)NCCO)c1. The van der Waals surface area contributed by atoms with Crippen LogP contribution in [0.5, 0.6) is 5.75 Å². The predicted octanol–water partition coefficient (Wildman–Crippen LogP) is 4.24. The first-order valence-corrected chi connectivity index (χ1v) is 11.9. The van der Waals surface area contributed by atoms with Crippen molar-refractivity contribution in [3.8, 4) is 5.75 Å². The van der Waals surface area contributed by atoms with E-state index in [0.29, 0.717) is 35.8 Å². The molecule has 3 aromatic carbocycles. The number of aliphatic hydroxyl groups is 1. The Morgan fingerprint density at radius 2 is 1.76 bits per heavy atom. The lowest BCUT2D eigenvalue weighted by Crippen LogP contribution is -2.43. The van der Waals surface area contributed by atoms with E-state index in [9.17, 15) is 23.5 Å². The standard InChI is InChI=1S/C16H17N3O3.C12H15F2NO/c17-10-12-9-14(21)4-5-15(12)19-13-3-1-2-11(8-13)16(22)18-6-7-20;1-9(15-11(16)12(2,13)14)8-10-6-4-3-5-7-10/h1-5,8-10,17,19-21H,6-7H2,(H,18,22);3-7,9H,8H2,1-2H3,(H,15,16). The van der Waals surface area contributed by atoms with Crippen LogP contribution in [0.4, 0.5) is 20.2 Å². The van der Waals surface area contributed by atoms with Crippen LogP contribution >= 0.6 is 0 Å². The number of rotatable bonds is 10. The maximum atomic E-state index is 12.6. The van der Waals surface area contributed by atoms with Gasteiger partial charge in [-0.05, 0) is 55.3 Å². The Bertz CT molecular complexity index is 1220. The molecule has 202 valence electrons. The van der Waals surface area contributed by atoms with Crippen LogP contribution in [-0.4, -0.2) is 53.4 Å². The maximum Gasteiger partial charge on any atom is 0.321 e. The van der Waals surface area contributed by atoms with Crippen molar-refractivity contribution in [3.63, 3.8) is 0 Å². The van der Waals surface area contributed by atoms with Crippen LogP contribution in [0.3, 0.4) is 0 Å². The zero-order valence-electron chi connectivity index (χ0n) is 21.2. The number of phenolic OH excluding ortho intramolecular Hbond substituents is 1. The second-order valence-electron chi connectivity index (χ2n) is 8.55. The molecule has 10 heteroatoms. The summed E-state index contributed by atoms with van der Waals surface area (Å²) in [5.41, 5.74) is 3.35. The van der Waals surface area contributed by atoms with Gasteiger partial charge in [0.2, 0.25) is 0 Å². The van der Waals surface area contributed by atoms with Crippen molar-refractivity contribution in [1.82, 2.24) is 10.6 Å². The molecular weight excluding hydrogens is 494 g/mol. The lowest BCUT2D eigenvalue weighted by atomic mass is 10.1. The molecule has 0 radical (unpaired) electrons. The van der Waals surface area contributed by atoms with Gasteiger partial charge in [-0.2, -0.15) is 8.78 Å². The van der Waals surface area contributed by atoms with Crippen LogP contribution in [0.2, 0.25) is 0 Å². The Hall–Kier alpha value is -4.31. The van der Waals surface area contributed by atoms with Crippen molar-refractivity contribution in [3.05, 3.63) is 89.5 Å². The summed E-state index contributed by atoms with van der Waals surface area (Å²) in [4.78, 5) is 22.9. The number of carbonyl (C=O) groups is 2. The molecule has 0 bridgehead atoms. The van der Waals surface area contributed by atoms with Gasteiger partial charge in [-0.3, -0.25) is 9.59 Å².